The Morgan fingerprint density at radius 2 is 1.70 bits per heavy atom. The first-order valence-electron chi connectivity index (χ1n) is 10.7. The van der Waals surface area contributed by atoms with Gasteiger partial charge in [0.05, 0.1) is 23.2 Å². The summed E-state index contributed by atoms with van der Waals surface area (Å²) >= 11 is 0. The number of nitrogens with one attached hydrogen (secondary N) is 2. The number of benzene rings is 2. The van der Waals surface area contributed by atoms with Crippen LogP contribution in [0.3, 0.4) is 0 Å². The Morgan fingerprint density at radius 3 is 2.33 bits per heavy atom. The summed E-state index contributed by atoms with van der Waals surface area (Å²) in [6.45, 7) is 1.32. The van der Waals surface area contributed by atoms with E-state index in [4.69, 9.17) is 0 Å². The number of anilines is 2. The van der Waals surface area contributed by atoms with Gasteiger partial charge < -0.3 is 10.6 Å². The monoisotopic (exact) mass is 479 g/mol. The van der Waals surface area contributed by atoms with Gasteiger partial charge >= 0.3 is 0 Å². The molecule has 0 aromatic heterocycles. The molecule has 0 heterocycles. The van der Waals surface area contributed by atoms with E-state index in [-0.39, 0.29) is 28.9 Å². The normalized spacial score (nSPS) is 15.5. The standard InChI is InChI=1S/C23H27F2N3O4S/c1-15(28(33(2,31)32)17-12-13-19(24)20(25)14-17)22(29)27-21-11-7-6-10-18(21)23(30)26-16-8-4-3-5-9-16/h6-7,10-16H,3-5,8-9H2,1-2H3,(H,26,30)(H,27,29). The maximum atomic E-state index is 13.7. The summed E-state index contributed by atoms with van der Waals surface area (Å²) in [4.78, 5) is 25.8. The van der Waals surface area contributed by atoms with Gasteiger partial charge in [-0.3, -0.25) is 13.9 Å². The first kappa shape index (κ1) is 24.6. The number of carbonyl (C=O) groups excluding carboxylic acids is 2. The van der Waals surface area contributed by atoms with Gasteiger partial charge in [0.2, 0.25) is 15.9 Å². The number of amides is 2. The number of para-hydroxylation sites is 1. The van der Waals surface area contributed by atoms with Gasteiger partial charge in [-0.25, -0.2) is 17.2 Å². The van der Waals surface area contributed by atoms with Gasteiger partial charge in [-0.15, -0.1) is 0 Å². The second kappa shape index (κ2) is 10.3. The number of rotatable bonds is 7. The van der Waals surface area contributed by atoms with Gasteiger partial charge in [0.1, 0.15) is 6.04 Å². The highest BCUT2D eigenvalue weighted by Gasteiger charge is 2.30. The van der Waals surface area contributed by atoms with E-state index < -0.39 is 33.6 Å². The van der Waals surface area contributed by atoms with Crippen LogP contribution in [0.2, 0.25) is 0 Å². The molecule has 10 heteroatoms. The highest BCUT2D eigenvalue weighted by molar-refractivity contribution is 7.92. The van der Waals surface area contributed by atoms with Crippen LogP contribution in [0.25, 0.3) is 0 Å². The third-order valence-electron chi connectivity index (χ3n) is 5.62. The lowest BCUT2D eigenvalue weighted by atomic mass is 9.95. The fourth-order valence-electron chi connectivity index (χ4n) is 3.97. The molecule has 1 unspecified atom stereocenters. The number of nitrogens with zero attached hydrogens (tertiary/aromatic N) is 1. The molecule has 178 valence electrons. The molecule has 1 aliphatic rings. The Kier molecular flexibility index (Phi) is 7.68. The predicted molar refractivity (Wildman–Crippen MR) is 123 cm³/mol. The largest absolute Gasteiger partial charge is 0.349 e. The number of hydrogen-bond acceptors (Lipinski definition) is 4. The van der Waals surface area contributed by atoms with Crippen LogP contribution < -0.4 is 14.9 Å². The van der Waals surface area contributed by atoms with E-state index in [0.717, 1.165) is 50.5 Å². The van der Waals surface area contributed by atoms with Gasteiger partial charge in [-0.2, -0.15) is 0 Å². The molecule has 0 saturated heterocycles. The summed E-state index contributed by atoms with van der Waals surface area (Å²) in [6.07, 6.45) is 5.90. The van der Waals surface area contributed by atoms with E-state index in [1.54, 1.807) is 24.3 Å². The van der Waals surface area contributed by atoms with Crippen LogP contribution in [0.15, 0.2) is 42.5 Å². The highest BCUT2D eigenvalue weighted by atomic mass is 32.2. The summed E-state index contributed by atoms with van der Waals surface area (Å²) < 4.78 is 52.5. The molecule has 2 amide bonds. The zero-order valence-electron chi connectivity index (χ0n) is 18.5. The molecule has 0 spiro atoms. The molecule has 2 N–H and O–H groups in total. The molecule has 2 aromatic rings. The van der Waals surface area contributed by atoms with Crippen LogP contribution in [0.5, 0.6) is 0 Å². The quantitative estimate of drug-likeness (QED) is 0.631. The molecule has 1 atom stereocenters. The van der Waals surface area contributed by atoms with E-state index >= 15 is 0 Å². The molecule has 1 fully saturated rings. The van der Waals surface area contributed by atoms with E-state index in [0.29, 0.717) is 10.4 Å². The molecule has 1 saturated carbocycles. The second-order valence-electron chi connectivity index (χ2n) is 8.18. The molecule has 33 heavy (non-hydrogen) atoms. The smallest absolute Gasteiger partial charge is 0.253 e. The molecule has 0 bridgehead atoms. The van der Waals surface area contributed by atoms with Crippen molar-refractivity contribution in [3.05, 3.63) is 59.7 Å². The fourth-order valence-corrected chi connectivity index (χ4v) is 5.13. The van der Waals surface area contributed by atoms with Crippen molar-refractivity contribution in [3.8, 4) is 0 Å². The first-order chi connectivity index (χ1) is 15.6. The molecule has 3 rings (SSSR count). The lowest BCUT2D eigenvalue weighted by molar-refractivity contribution is -0.116. The predicted octanol–water partition coefficient (Wildman–Crippen LogP) is 3.82. The van der Waals surface area contributed by atoms with Gasteiger partial charge in [0.15, 0.2) is 11.6 Å². The van der Waals surface area contributed by atoms with Crippen LogP contribution in [0.1, 0.15) is 49.4 Å². The lowest BCUT2D eigenvalue weighted by Crippen LogP contribution is -2.45. The van der Waals surface area contributed by atoms with E-state index in [9.17, 15) is 26.8 Å². The highest BCUT2D eigenvalue weighted by Crippen LogP contribution is 2.25. The zero-order valence-corrected chi connectivity index (χ0v) is 19.3. The molecular weight excluding hydrogens is 452 g/mol. The minimum atomic E-state index is -4.03. The lowest BCUT2D eigenvalue weighted by Gasteiger charge is -2.28. The number of hydrogen-bond donors (Lipinski definition) is 2. The van der Waals surface area contributed by atoms with Gasteiger partial charge in [0.25, 0.3) is 5.91 Å². The van der Waals surface area contributed by atoms with E-state index in [1.807, 2.05) is 0 Å². The SMILES string of the molecule is CC(C(=O)Nc1ccccc1C(=O)NC1CCCCC1)N(c1ccc(F)c(F)c1)S(C)(=O)=O. The van der Waals surface area contributed by atoms with Gasteiger partial charge in [0, 0.05) is 12.1 Å². The molecule has 2 aromatic carbocycles. The maximum Gasteiger partial charge on any atom is 0.253 e. The summed E-state index contributed by atoms with van der Waals surface area (Å²) in [5.41, 5.74) is 0.283. The molecule has 0 aliphatic heterocycles. The van der Waals surface area contributed by atoms with Crippen molar-refractivity contribution in [2.45, 2.75) is 51.1 Å². The van der Waals surface area contributed by atoms with Crippen molar-refractivity contribution in [2.24, 2.45) is 0 Å². The van der Waals surface area contributed by atoms with Crippen molar-refractivity contribution in [3.63, 3.8) is 0 Å². The Balaban J connectivity index is 1.82. The third-order valence-corrected chi connectivity index (χ3v) is 6.86. The maximum absolute atomic E-state index is 13.7. The van der Waals surface area contributed by atoms with Gasteiger partial charge in [-0.1, -0.05) is 31.4 Å². The van der Waals surface area contributed by atoms with Gasteiger partial charge in [-0.05, 0) is 44.0 Å². The average Bonchev–Trinajstić information content (AvgIpc) is 2.76. The number of halogens is 2. The first-order valence-corrected chi connectivity index (χ1v) is 12.6. The topological polar surface area (TPSA) is 95.6 Å². The zero-order chi connectivity index (χ0) is 24.2. The number of sulfonamides is 1. The minimum absolute atomic E-state index is 0.0722. The van der Waals surface area contributed by atoms with Crippen molar-refractivity contribution >= 4 is 33.2 Å². The van der Waals surface area contributed by atoms with Crippen molar-refractivity contribution in [2.75, 3.05) is 15.9 Å². The molecular formula is C23H27F2N3O4S. The van der Waals surface area contributed by atoms with E-state index in [2.05, 4.69) is 10.6 Å². The number of carbonyl (C=O) groups is 2. The van der Waals surface area contributed by atoms with Crippen LogP contribution in [-0.4, -0.2) is 38.6 Å². The minimum Gasteiger partial charge on any atom is -0.349 e. The van der Waals surface area contributed by atoms with Crippen molar-refractivity contribution < 1.29 is 26.8 Å². The van der Waals surface area contributed by atoms with Crippen molar-refractivity contribution in [1.82, 2.24) is 5.32 Å². The molecule has 0 radical (unpaired) electrons. The van der Waals surface area contributed by atoms with E-state index in [1.165, 1.54) is 6.92 Å². The van der Waals surface area contributed by atoms with Crippen LogP contribution in [0, 0.1) is 11.6 Å². The van der Waals surface area contributed by atoms with Crippen LogP contribution >= 0.6 is 0 Å². The Labute approximate surface area is 192 Å². The Hall–Kier alpha value is -3.01. The third kappa shape index (κ3) is 6.07. The van der Waals surface area contributed by atoms with Crippen molar-refractivity contribution in [1.29, 1.82) is 0 Å². The van der Waals surface area contributed by atoms with Crippen LogP contribution in [0.4, 0.5) is 20.2 Å². The average molecular weight is 480 g/mol. The molecule has 7 nitrogen and oxygen atoms in total. The summed E-state index contributed by atoms with van der Waals surface area (Å²) in [7, 11) is -4.03. The second-order valence-corrected chi connectivity index (χ2v) is 10.0. The summed E-state index contributed by atoms with van der Waals surface area (Å²) in [6, 6.07) is 7.77. The van der Waals surface area contributed by atoms with Crippen LogP contribution in [-0.2, 0) is 14.8 Å². The Morgan fingerprint density at radius 1 is 1.03 bits per heavy atom. The fraction of sp³-hybridized carbons (Fsp3) is 0.391. The Bertz CT molecular complexity index is 1130. The summed E-state index contributed by atoms with van der Waals surface area (Å²) in [5.74, 6) is -3.44. The summed E-state index contributed by atoms with van der Waals surface area (Å²) in [5, 5.41) is 5.59. The molecule has 1 aliphatic carbocycles.